The van der Waals surface area contributed by atoms with Gasteiger partial charge in [0.1, 0.15) is 11.2 Å². The van der Waals surface area contributed by atoms with Gasteiger partial charge in [0.15, 0.2) is 5.78 Å². The summed E-state index contributed by atoms with van der Waals surface area (Å²) in [6.45, 7) is 1.59. The van der Waals surface area contributed by atoms with Crippen molar-refractivity contribution in [3.05, 3.63) is 90.8 Å². The summed E-state index contributed by atoms with van der Waals surface area (Å²) in [5.74, 6) is 0.0313. The summed E-state index contributed by atoms with van der Waals surface area (Å²) >= 11 is 0. The molecule has 0 atom stereocenters. The van der Waals surface area contributed by atoms with Crippen LogP contribution in [-0.4, -0.2) is 10.8 Å². The molecule has 3 heteroatoms. The van der Waals surface area contributed by atoms with E-state index < -0.39 is 0 Å². The first-order valence-corrected chi connectivity index (χ1v) is 9.18. The second-order valence-electron chi connectivity index (χ2n) is 6.88. The Morgan fingerprint density at radius 3 is 2.46 bits per heavy atom. The molecular formula is C25H17NO2. The number of carbonyl (C=O) groups excluding carboxylic acids is 1. The van der Waals surface area contributed by atoms with E-state index in [1.165, 1.54) is 0 Å². The molecule has 5 aromatic rings. The third kappa shape index (κ3) is 2.69. The van der Waals surface area contributed by atoms with Crippen molar-refractivity contribution < 1.29 is 9.21 Å². The summed E-state index contributed by atoms with van der Waals surface area (Å²) in [6.07, 6.45) is 3.55. The van der Waals surface area contributed by atoms with Gasteiger partial charge in [0, 0.05) is 39.9 Å². The number of furan rings is 1. The molecule has 0 saturated heterocycles. The lowest BCUT2D eigenvalue weighted by atomic mass is 9.94. The molecular weight excluding hydrogens is 346 g/mol. The predicted molar refractivity (Wildman–Crippen MR) is 112 cm³/mol. The average Bonchev–Trinajstić information content (AvgIpc) is 3.13. The molecule has 134 valence electrons. The fraction of sp³-hybridized carbons (Fsp3) is 0.0400. The van der Waals surface area contributed by atoms with Gasteiger partial charge in [-0.1, -0.05) is 42.5 Å². The lowest BCUT2D eigenvalue weighted by Crippen LogP contribution is -1.94. The van der Waals surface area contributed by atoms with Gasteiger partial charge in [-0.05, 0) is 48.4 Å². The summed E-state index contributed by atoms with van der Waals surface area (Å²) < 4.78 is 6.19. The van der Waals surface area contributed by atoms with E-state index in [0.717, 1.165) is 44.2 Å². The largest absolute Gasteiger partial charge is 0.455 e. The summed E-state index contributed by atoms with van der Waals surface area (Å²) in [5.41, 5.74) is 6.23. The summed E-state index contributed by atoms with van der Waals surface area (Å²) in [5, 5.41) is 2.17. The van der Waals surface area contributed by atoms with Crippen molar-refractivity contribution in [1.29, 1.82) is 0 Å². The minimum absolute atomic E-state index is 0.0313. The van der Waals surface area contributed by atoms with Gasteiger partial charge in [0.05, 0.1) is 0 Å². The molecule has 0 unspecified atom stereocenters. The van der Waals surface area contributed by atoms with Crippen LogP contribution in [0.2, 0.25) is 0 Å². The SMILES string of the molecule is CC(=O)c1cc(-c2cccnc2)cc(-c2cccc3c2oc2ccccc23)c1. The number of hydrogen-bond acceptors (Lipinski definition) is 3. The normalized spacial score (nSPS) is 11.2. The summed E-state index contributed by atoms with van der Waals surface area (Å²) in [4.78, 5) is 16.4. The van der Waals surface area contributed by atoms with Crippen molar-refractivity contribution in [2.45, 2.75) is 6.92 Å². The Bertz CT molecular complexity index is 1330. The molecule has 0 bridgehead atoms. The molecule has 2 aromatic heterocycles. The van der Waals surface area contributed by atoms with Gasteiger partial charge in [0.2, 0.25) is 0 Å². The van der Waals surface area contributed by atoms with Crippen molar-refractivity contribution in [3.8, 4) is 22.3 Å². The number of para-hydroxylation sites is 2. The number of pyridine rings is 1. The first kappa shape index (κ1) is 16.5. The molecule has 2 heterocycles. The van der Waals surface area contributed by atoms with Crippen molar-refractivity contribution in [2.24, 2.45) is 0 Å². The maximum absolute atomic E-state index is 12.2. The van der Waals surface area contributed by atoms with Crippen LogP contribution in [0, 0.1) is 0 Å². The number of nitrogens with zero attached hydrogens (tertiary/aromatic N) is 1. The Kier molecular flexibility index (Phi) is 3.80. The summed E-state index contributed by atoms with van der Waals surface area (Å²) in [6, 6.07) is 24.0. The van der Waals surface area contributed by atoms with Crippen LogP contribution in [0.1, 0.15) is 17.3 Å². The van der Waals surface area contributed by atoms with Gasteiger partial charge in [0.25, 0.3) is 0 Å². The molecule has 0 aliphatic carbocycles. The zero-order valence-corrected chi connectivity index (χ0v) is 15.3. The Hall–Kier alpha value is -3.72. The van der Waals surface area contributed by atoms with Crippen LogP contribution < -0.4 is 0 Å². The fourth-order valence-corrected chi connectivity index (χ4v) is 3.66. The molecule has 28 heavy (non-hydrogen) atoms. The third-order valence-corrected chi connectivity index (χ3v) is 5.05. The Labute approximate surface area is 162 Å². The highest BCUT2D eigenvalue weighted by molar-refractivity contribution is 6.10. The van der Waals surface area contributed by atoms with Crippen LogP contribution in [-0.2, 0) is 0 Å². The zero-order chi connectivity index (χ0) is 19.1. The number of fused-ring (bicyclic) bond motifs is 3. The molecule has 5 rings (SSSR count). The van der Waals surface area contributed by atoms with Crippen molar-refractivity contribution in [1.82, 2.24) is 4.98 Å². The topological polar surface area (TPSA) is 43.1 Å². The molecule has 0 radical (unpaired) electrons. The van der Waals surface area contributed by atoms with Gasteiger partial charge in [-0.25, -0.2) is 0 Å². The van der Waals surface area contributed by atoms with Gasteiger partial charge < -0.3 is 4.42 Å². The number of rotatable bonds is 3. The van der Waals surface area contributed by atoms with Crippen LogP contribution >= 0.6 is 0 Å². The van der Waals surface area contributed by atoms with Crippen molar-refractivity contribution >= 4 is 27.7 Å². The second kappa shape index (κ2) is 6.46. The maximum Gasteiger partial charge on any atom is 0.159 e. The highest BCUT2D eigenvalue weighted by Crippen LogP contribution is 2.37. The Morgan fingerprint density at radius 2 is 1.64 bits per heavy atom. The number of Topliss-reactive ketones (excluding diaryl/α,β-unsaturated/α-hetero) is 1. The average molecular weight is 363 g/mol. The standard InChI is InChI=1S/C25H17NO2/c1-16(27)18-12-19(17-6-5-11-26-15-17)14-20(13-18)21-8-4-9-23-22-7-2-3-10-24(22)28-25(21)23/h2-15H,1H3. The smallest absolute Gasteiger partial charge is 0.159 e. The number of ketones is 1. The molecule has 3 nitrogen and oxygen atoms in total. The van der Waals surface area contributed by atoms with E-state index in [2.05, 4.69) is 23.2 Å². The molecule has 0 N–H and O–H groups in total. The highest BCUT2D eigenvalue weighted by Gasteiger charge is 2.14. The second-order valence-corrected chi connectivity index (χ2v) is 6.88. The molecule has 0 fully saturated rings. The summed E-state index contributed by atoms with van der Waals surface area (Å²) in [7, 11) is 0. The van der Waals surface area contributed by atoms with E-state index in [0.29, 0.717) is 5.56 Å². The minimum Gasteiger partial charge on any atom is -0.455 e. The highest BCUT2D eigenvalue weighted by atomic mass is 16.3. The number of carbonyl (C=O) groups is 1. The minimum atomic E-state index is 0.0313. The fourth-order valence-electron chi connectivity index (χ4n) is 3.66. The first-order chi connectivity index (χ1) is 13.7. The predicted octanol–water partition coefficient (Wildman–Crippen LogP) is 6.52. The number of aromatic nitrogens is 1. The van der Waals surface area contributed by atoms with Gasteiger partial charge in [-0.15, -0.1) is 0 Å². The van der Waals surface area contributed by atoms with Crippen LogP contribution in [0.25, 0.3) is 44.2 Å². The molecule has 0 amide bonds. The van der Waals surface area contributed by atoms with E-state index in [1.807, 2.05) is 60.8 Å². The van der Waals surface area contributed by atoms with E-state index in [4.69, 9.17) is 4.42 Å². The van der Waals surface area contributed by atoms with Crippen LogP contribution in [0.5, 0.6) is 0 Å². The van der Waals surface area contributed by atoms with Crippen LogP contribution in [0.3, 0.4) is 0 Å². The molecule has 0 saturated carbocycles. The van der Waals surface area contributed by atoms with Crippen LogP contribution in [0.4, 0.5) is 0 Å². The lowest BCUT2D eigenvalue weighted by Gasteiger charge is -2.09. The maximum atomic E-state index is 12.2. The van der Waals surface area contributed by atoms with E-state index in [1.54, 1.807) is 13.1 Å². The number of benzene rings is 3. The molecule has 0 aliphatic heterocycles. The van der Waals surface area contributed by atoms with Gasteiger partial charge >= 0.3 is 0 Å². The Balaban J connectivity index is 1.79. The monoisotopic (exact) mass is 363 g/mol. The zero-order valence-electron chi connectivity index (χ0n) is 15.3. The third-order valence-electron chi connectivity index (χ3n) is 5.05. The van der Waals surface area contributed by atoms with Gasteiger partial charge in [-0.3, -0.25) is 9.78 Å². The lowest BCUT2D eigenvalue weighted by molar-refractivity contribution is 0.101. The first-order valence-electron chi connectivity index (χ1n) is 9.18. The van der Waals surface area contributed by atoms with Crippen molar-refractivity contribution in [3.63, 3.8) is 0 Å². The molecule has 0 aliphatic rings. The van der Waals surface area contributed by atoms with Crippen LogP contribution in [0.15, 0.2) is 89.6 Å². The van der Waals surface area contributed by atoms with E-state index >= 15 is 0 Å². The Morgan fingerprint density at radius 1 is 0.821 bits per heavy atom. The van der Waals surface area contributed by atoms with Gasteiger partial charge in [-0.2, -0.15) is 0 Å². The van der Waals surface area contributed by atoms with Crippen molar-refractivity contribution in [2.75, 3.05) is 0 Å². The van der Waals surface area contributed by atoms with E-state index in [9.17, 15) is 4.79 Å². The molecule has 3 aromatic carbocycles. The van der Waals surface area contributed by atoms with E-state index in [-0.39, 0.29) is 5.78 Å². The molecule has 0 spiro atoms. The quantitative estimate of drug-likeness (QED) is 0.343. The number of hydrogen-bond donors (Lipinski definition) is 0.